The Balaban J connectivity index is 1.96. The van der Waals surface area contributed by atoms with Crippen molar-refractivity contribution in [3.05, 3.63) is 34.1 Å². The molecule has 1 aliphatic carbocycles. The molecule has 1 aliphatic rings. The molecule has 23 heavy (non-hydrogen) atoms. The molecule has 1 aromatic carbocycles. The topological polar surface area (TPSA) is 98.5 Å². The number of ether oxygens (including phenoxy) is 1. The summed E-state index contributed by atoms with van der Waals surface area (Å²) >= 11 is 11.6. The highest BCUT2D eigenvalue weighted by molar-refractivity contribution is 6.53. The monoisotopic (exact) mass is 364 g/mol. The Morgan fingerprint density at radius 3 is 2.61 bits per heavy atom. The Morgan fingerprint density at radius 1 is 1.48 bits per heavy atom. The standard InChI is InChI=1S/C13H11Cl2FN2O5/c1-12(6-13(12,14)15)11(20)23-5-10(19)17-8-3-2-7(16)4-9(8)18(21)22/h2-4H,5-6H2,1H3,(H,17,19). The van der Waals surface area contributed by atoms with Gasteiger partial charge in [0.15, 0.2) is 6.61 Å². The van der Waals surface area contributed by atoms with E-state index in [9.17, 15) is 24.1 Å². The van der Waals surface area contributed by atoms with E-state index in [1.807, 2.05) is 0 Å². The van der Waals surface area contributed by atoms with Crippen LogP contribution in [0.15, 0.2) is 18.2 Å². The lowest BCUT2D eigenvalue weighted by Gasteiger charge is -2.12. The molecule has 1 saturated carbocycles. The molecule has 1 fully saturated rings. The molecule has 0 aromatic heterocycles. The molecule has 124 valence electrons. The van der Waals surface area contributed by atoms with Gasteiger partial charge in [0, 0.05) is 6.42 Å². The van der Waals surface area contributed by atoms with Gasteiger partial charge in [0.2, 0.25) is 0 Å². The second kappa shape index (κ2) is 5.93. The number of anilines is 1. The number of halogens is 3. The van der Waals surface area contributed by atoms with Gasteiger partial charge in [-0.2, -0.15) is 0 Å². The van der Waals surface area contributed by atoms with Crippen LogP contribution in [-0.4, -0.2) is 27.7 Å². The molecule has 1 atom stereocenters. The maximum absolute atomic E-state index is 13.0. The summed E-state index contributed by atoms with van der Waals surface area (Å²) in [5.74, 6) is -2.37. The molecule has 1 unspecified atom stereocenters. The molecule has 0 spiro atoms. The number of nitro benzene ring substituents is 1. The summed E-state index contributed by atoms with van der Waals surface area (Å²) in [6.45, 7) is 0.824. The summed E-state index contributed by atoms with van der Waals surface area (Å²) in [5, 5.41) is 13.0. The van der Waals surface area contributed by atoms with Crippen molar-refractivity contribution in [1.82, 2.24) is 0 Å². The number of alkyl halides is 2. The van der Waals surface area contributed by atoms with Crippen molar-refractivity contribution in [2.45, 2.75) is 17.7 Å². The Labute approximate surface area is 139 Å². The largest absolute Gasteiger partial charge is 0.455 e. The molecular formula is C13H11Cl2FN2O5. The molecule has 2 rings (SSSR count). The van der Waals surface area contributed by atoms with Gasteiger partial charge in [-0.15, -0.1) is 23.2 Å². The number of hydrogen-bond acceptors (Lipinski definition) is 5. The van der Waals surface area contributed by atoms with Gasteiger partial charge in [0.05, 0.1) is 11.0 Å². The minimum atomic E-state index is -1.23. The number of nitrogens with one attached hydrogen (secondary N) is 1. The van der Waals surface area contributed by atoms with Crippen molar-refractivity contribution in [2.24, 2.45) is 5.41 Å². The lowest BCUT2D eigenvalue weighted by Crippen LogP contribution is -2.27. The number of nitrogens with zero attached hydrogens (tertiary/aromatic N) is 1. The maximum atomic E-state index is 13.0. The van der Waals surface area contributed by atoms with E-state index in [1.165, 1.54) is 6.92 Å². The third-order valence-electron chi connectivity index (χ3n) is 3.47. The normalized spacial score (nSPS) is 21.4. The van der Waals surface area contributed by atoms with E-state index in [2.05, 4.69) is 5.32 Å². The molecule has 1 N–H and O–H groups in total. The molecule has 1 aromatic rings. The van der Waals surface area contributed by atoms with E-state index in [-0.39, 0.29) is 12.1 Å². The smallest absolute Gasteiger partial charge is 0.315 e. The van der Waals surface area contributed by atoms with Crippen LogP contribution in [0.5, 0.6) is 0 Å². The minimum absolute atomic E-state index is 0.201. The molecule has 0 bridgehead atoms. The number of hydrogen-bond donors (Lipinski definition) is 1. The van der Waals surface area contributed by atoms with Gasteiger partial charge >= 0.3 is 5.97 Å². The Morgan fingerprint density at radius 2 is 2.09 bits per heavy atom. The predicted octanol–water partition coefficient (Wildman–Crippen LogP) is 2.80. The second-order valence-corrected chi connectivity index (χ2v) is 6.74. The number of esters is 1. The van der Waals surface area contributed by atoms with E-state index >= 15 is 0 Å². The molecular weight excluding hydrogens is 354 g/mol. The number of nitro groups is 1. The van der Waals surface area contributed by atoms with E-state index in [0.717, 1.165) is 12.1 Å². The quantitative estimate of drug-likeness (QED) is 0.374. The molecule has 7 nitrogen and oxygen atoms in total. The Hall–Kier alpha value is -1.93. The third-order valence-corrected chi connectivity index (χ3v) is 4.57. The van der Waals surface area contributed by atoms with Crippen LogP contribution < -0.4 is 5.32 Å². The van der Waals surface area contributed by atoms with Gasteiger partial charge in [0.25, 0.3) is 11.6 Å². The molecule has 10 heteroatoms. The van der Waals surface area contributed by atoms with Crippen LogP contribution in [0.4, 0.5) is 15.8 Å². The average molecular weight is 365 g/mol. The van der Waals surface area contributed by atoms with E-state index in [1.54, 1.807) is 0 Å². The van der Waals surface area contributed by atoms with E-state index < -0.39 is 44.7 Å². The summed E-state index contributed by atoms with van der Waals surface area (Å²) in [6.07, 6.45) is 0.201. The highest BCUT2D eigenvalue weighted by Gasteiger charge is 2.69. The van der Waals surface area contributed by atoms with Crippen LogP contribution in [0.25, 0.3) is 0 Å². The fraction of sp³-hybridized carbons (Fsp3) is 0.385. The molecule has 0 saturated heterocycles. The second-order valence-electron chi connectivity index (χ2n) is 5.26. The van der Waals surface area contributed by atoms with Gasteiger partial charge < -0.3 is 10.1 Å². The van der Waals surface area contributed by atoms with E-state index in [4.69, 9.17) is 27.9 Å². The van der Waals surface area contributed by atoms with Crippen molar-refractivity contribution in [2.75, 3.05) is 11.9 Å². The number of carbonyl (C=O) groups is 2. The molecule has 1 amide bonds. The highest BCUT2D eigenvalue weighted by atomic mass is 35.5. The molecule has 0 radical (unpaired) electrons. The minimum Gasteiger partial charge on any atom is -0.455 e. The lowest BCUT2D eigenvalue weighted by atomic mass is 10.1. The van der Waals surface area contributed by atoms with Gasteiger partial charge in [-0.05, 0) is 19.1 Å². The first-order chi connectivity index (χ1) is 10.6. The summed E-state index contributed by atoms with van der Waals surface area (Å²) in [4.78, 5) is 33.5. The maximum Gasteiger partial charge on any atom is 0.315 e. The van der Waals surface area contributed by atoms with Gasteiger partial charge in [-0.25, -0.2) is 4.39 Å². The molecule has 0 aliphatic heterocycles. The van der Waals surface area contributed by atoms with Gasteiger partial charge in [-0.3, -0.25) is 19.7 Å². The van der Waals surface area contributed by atoms with Crippen molar-refractivity contribution in [3.8, 4) is 0 Å². The fourth-order valence-corrected chi connectivity index (χ4v) is 2.55. The first kappa shape index (κ1) is 17.4. The predicted molar refractivity (Wildman–Crippen MR) is 79.8 cm³/mol. The van der Waals surface area contributed by atoms with Crippen LogP contribution in [0.3, 0.4) is 0 Å². The summed E-state index contributed by atoms with van der Waals surface area (Å²) in [6, 6.07) is 2.66. The zero-order valence-corrected chi connectivity index (χ0v) is 13.3. The van der Waals surface area contributed by atoms with Gasteiger partial charge in [0.1, 0.15) is 21.3 Å². The zero-order chi connectivity index (χ0) is 17.4. The van der Waals surface area contributed by atoms with E-state index in [0.29, 0.717) is 6.07 Å². The number of benzene rings is 1. The fourth-order valence-electron chi connectivity index (χ4n) is 1.86. The van der Waals surface area contributed by atoms with Crippen molar-refractivity contribution < 1.29 is 23.6 Å². The van der Waals surface area contributed by atoms with Crippen molar-refractivity contribution in [1.29, 1.82) is 0 Å². The average Bonchev–Trinajstić information content (AvgIpc) is 2.98. The van der Waals surface area contributed by atoms with Crippen LogP contribution in [0, 0.1) is 21.3 Å². The summed E-state index contributed by atoms with van der Waals surface area (Å²) in [5.41, 5.74) is -1.91. The first-order valence-electron chi connectivity index (χ1n) is 6.36. The Kier molecular flexibility index (Phi) is 4.50. The van der Waals surface area contributed by atoms with Crippen molar-refractivity contribution >= 4 is 46.5 Å². The summed E-state index contributed by atoms with van der Waals surface area (Å²) in [7, 11) is 0. The van der Waals surface area contributed by atoms with Crippen LogP contribution >= 0.6 is 23.2 Å². The van der Waals surface area contributed by atoms with Crippen LogP contribution in [0.2, 0.25) is 0 Å². The SMILES string of the molecule is CC1(C(=O)OCC(=O)Nc2ccc(F)cc2[N+](=O)[O-])CC1(Cl)Cl. The van der Waals surface area contributed by atoms with Crippen LogP contribution in [-0.2, 0) is 14.3 Å². The number of carbonyl (C=O) groups excluding carboxylic acids is 2. The van der Waals surface area contributed by atoms with Crippen LogP contribution in [0.1, 0.15) is 13.3 Å². The Bertz CT molecular complexity index is 697. The van der Waals surface area contributed by atoms with Gasteiger partial charge in [-0.1, -0.05) is 0 Å². The first-order valence-corrected chi connectivity index (χ1v) is 7.11. The highest BCUT2D eigenvalue weighted by Crippen LogP contribution is 2.64. The number of amides is 1. The third kappa shape index (κ3) is 3.53. The lowest BCUT2D eigenvalue weighted by molar-refractivity contribution is -0.384. The molecule has 0 heterocycles. The summed E-state index contributed by atoms with van der Waals surface area (Å²) < 4.78 is 16.6. The number of rotatable bonds is 5. The van der Waals surface area contributed by atoms with Crippen molar-refractivity contribution in [3.63, 3.8) is 0 Å². The zero-order valence-electron chi connectivity index (χ0n) is 11.8.